The Morgan fingerprint density at radius 1 is 1.54 bits per heavy atom. The summed E-state index contributed by atoms with van der Waals surface area (Å²) < 4.78 is 13.9. The van der Waals surface area contributed by atoms with Gasteiger partial charge in [0.25, 0.3) is 0 Å². The van der Waals surface area contributed by atoms with Crippen molar-refractivity contribution in [2.75, 3.05) is 13.1 Å². The van der Waals surface area contributed by atoms with Gasteiger partial charge in [-0.15, -0.1) is 0 Å². The predicted octanol–water partition coefficient (Wildman–Crippen LogP) is 2.19. The third-order valence-corrected chi connectivity index (χ3v) is 2.68. The van der Waals surface area contributed by atoms with E-state index in [1.807, 2.05) is 0 Å². The zero-order chi connectivity index (χ0) is 9.26. The molecule has 70 valence electrons. The van der Waals surface area contributed by atoms with Gasteiger partial charge >= 0.3 is 0 Å². The third kappa shape index (κ3) is 2.06. The minimum absolute atomic E-state index is 0.213. The molecule has 0 aromatic carbocycles. The molecular formula is C9H10BrFN2. The van der Waals surface area contributed by atoms with Gasteiger partial charge in [0.2, 0.25) is 0 Å². The summed E-state index contributed by atoms with van der Waals surface area (Å²) in [7, 11) is 0. The van der Waals surface area contributed by atoms with Gasteiger partial charge < -0.3 is 0 Å². The molecule has 0 saturated carbocycles. The summed E-state index contributed by atoms with van der Waals surface area (Å²) in [5.74, 6) is -0.213. The quantitative estimate of drug-likeness (QED) is 0.742. The second kappa shape index (κ2) is 3.72. The van der Waals surface area contributed by atoms with Crippen LogP contribution in [0.1, 0.15) is 12.0 Å². The molecule has 2 rings (SSSR count). The number of hydrogen-bond donors (Lipinski definition) is 0. The molecular weight excluding hydrogens is 235 g/mol. The summed E-state index contributed by atoms with van der Waals surface area (Å²) in [5, 5.41) is 0. The van der Waals surface area contributed by atoms with E-state index in [9.17, 15) is 4.39 Å². The Hall–Kier alpha value is -0.480. The first-order chi connectivity index (χ1) is 6.25. The van der Waals surface area contributed by atoms with Crippen molar-refractivity contribution in [2.24, 2.45) is 0 Å². The molecule has 1 saturated heterocycles. The SMILES string of the molecule is Fc1cnc(Br)cc1CN1CCC1. The first-order valence-electron chi connectivity index (χ1n) is 4.28. The van der Waals surface area contributed by atoms with E-state index < -0.39 is 0 Å². The Morgan fingerprint density at radius 3 is 2.92 bits per heavy atom. The highest BCUT2D eigenvalue weighted by Gasteiger charge is 2.15. The Morgan fingerprint density at radius 2 is 2.31 bits per heavy atom. The fraction of sp³-hybridized carbons (Fsp3) is 0.444. The van der Waals surface area contributed by atoms with E-state index in [1.54, 1.807) is 6.07 Å². The average Bonchev–Trinajstić information content (AvgIpc) is 2.03. The Labute approximate surface area is 84.9 Å². The van der Waals surface area contributed by atoms with E-state index in [-0.39, 0.29) is 5.82 Å². The molecule has 4 heteroatoms. The lowest BCUT2D eigenvalue weighted by Gasteiger charge is -2.30. The molecule has 0 spiro atoms. The topological polar surface area (TPSA) is 16.1 Å². The molecule has 1 aromatic rings. The molecule has 13 heavy (non-hydrogen) atoms. The van der Waals surface area contributed by atoms with Crippen LogP contribution >= 0.6 is 15.9 Å². The highest BCUT2D eigenvalue weighted by atomic mass is 79.9. The lowest BCUT2D eigenvalue weighted by Crippen LogP contribution is -2.36. The van der Waals surface area contributed by atoms with Crippen molar-refractivity contribution < 1.29 is 4.39 Å². The van der Waals surface area contributed by atoms with Gasteiger partial charge in [-0.3, -0.25) is 4.90 Å². The molecule has 0 aliphatic carbocycles. The van der Waals surface area contributed by atoms with Crippen LogP contribution in [0.15, 0.2) is 16.9 Å². The second-order valence-electron chi connectivity index (χ2n) is 3.23. The van der Waals surface area contributed by atoms with Crippen LogP contribution in [0.4, 0.5) is 4.39 Å². The maximum absolute atomic E-state index is 13.2. The summed E-state index contributed by atoms with van der Waals surface area (Å²) in [4.78, 5) is 6.03. The number of rotatable bonds is 2. The molecule has 0 N–H and O–H groups in total. The molecule has 1 aliphatic rings. The zero-order valence-electron chi connectivity index (χ0n) is 7.13. The average molecular weight is 245 g/mol. The van der Waals surface area contributed by atoms with Crippen molar-refractivity contribution in [3.8, 4) is 0 Å². The first kappa shape index (κ1) is 9.09. The van der Waals surface area contributed by atoms with Gasteiger partial charge in [0.1, 0.15) is 10.4 Å². The van der Waals surface area contributed by atoms with Gasteiger partial charge in [-0.25, -0.2) is 9.37 Å². The number of nitrogens with zero attached hydrogens (tertiary/aromatic N) is 2. The fourth-order valence-electron chi connectivity index (χ4n) is 1.35. The normalized spacial score (nSPS) is 17.1. The van der Waals surface area contributed by atoms with E-state index in [1.165, 1.54) is 12.6 Å². The van der Waals surface area contributed by atoms with Crippen molar-refractivity contribution in [2.45, 2.75) is 13.0 Å². The minimum atomic E-state index is -0.213. The number of likely N-dealkylation sites (tertiary alicyclic amines) is 1. The highest BCUT2D eigenvalue weighted by molar-refractivity contribution is 9.10. The van der Waals surface area contributed by atoms with Crippen molar-refractivity contribution >= 4 is 15.9 Å². The van der Waals surface area contributed by atoms with Crippen molar-refractivity contribution in [1.82, 2.24) is 9.88 Å². The van der Waals surface area contributed by atoms with Gasteiger partial charge in [-0.2, -0.15) is 0 Å². The van der Waals surface area contributed by atoms with E-state index >= 15 is 0 Å². The first-order valence-corrected chi connectivity index (χ1v) is 5.07. The Bertz CT molecular complexity index is 312. The van der Waals surface area contributed by atoms with Crippen LogP contribution in [0.25, 0.3) is 0 Å². The van der Waals surface area contributed by atoms with E-state index in [0.717, 1.165) is 18.7 Å². The van der Waals surface area contributed by atoms with Crippen LogP contribution in [0.5, 0.6) is 0 Å². The summed E-state index contributed by atoms with van der Waals surface area (Å²) in [6.07, 6.45) is 2.49. The van der Waals surface area contributed by atoms with Gasteiger partial charge in [0.05, 0.1) is 6.20 Å². The molecule has 1 fully saturated rings. The predicted molar refractivity (Wildman–Crippen MR) is 51.8 cm³/mol. The molecule has 0 bridgehead atoms. The number of hydrogen-bond acceptors (Lipinski definition) is 2. The molecule has 0 radical (unpaired) electrons. The molecule has 1 aliphatic heterocycles. The van der Waals surface area contributed by atoms with Crippen LogP contribution in [0, 0.1) is 5.82 Å². The Kier molecular flexibility index (Phi) is 2.60. The van der Waals surface area contributed by atoms with Gasteiger partial charge in [-0.05, 0) is 41.5 Å². The van der Waals surface area contributed by atoms with Gasteiger partial charge in [0, 0.05) is 12.1 Å². The third-order valence-electron chi connectivity index (χ3n) is 2.24. The molecule has 2 heterocycles. The number of halogens is 2. The molecule has 2 nitrogen and oxygen atoms in total. The summed E-state index contributed by atoms with van der Waals surface area (Å²) in [6, 6.07) is 1.74. The Balaban J connectivity index is 2.13. The lowest BCUT2D eigenvalue weighted by molar-refractivity contribution is 0.170. The van der Waals surface area contributed by atoms with Crippen molar-refractivity contribution in [1.29, 1.82) is 0 Å². The van der Waals surface area contributed by atoms with Gasteiger partial charge in [0.15, 0.2) is 0 Å². The largest absolute Gasteiger partial charge is 0.299 e. The van der Waals surface area contributed by atoms with Crippen molar-refractivity contribution in [3.63, 3.8) is 0 Å². The zero-order valence-corrected chi connectivity index (χ0v) is 8.72. The fourth-order valence-corrected chi connectivity index (χ4v) is 1.73. The smallest absolute Gasteiger partial charge is 0.146 e. The van der Waals surface area contributed by atoms with Crippen LogP contribution in [0.2, 0.25) is 0 Å². The number of aromatic nitrogens is 1. The maximum atomic E-state index is 13.2. The summed E-state index contributed by atoms with van der Waals surface area (Å²) in [5.41, 5.74) is 0.724. The van der Waals surface area contributed by atoms with Crippen LogP contribution in [-0.2, 0) is 6.54 Å². The lowest BCUT2D eigenvalue weighted by atomic mass is 10.1. The van der Waals surface area contributed by atoms with Crippen LogP contribution < -0.4 is 0 Å². The number of pyridine rings is 1. The maximum Gasteiger partial charge on any atom is 0.146 e. The van der Waals surface area contributed by atoms with Gasteiger partial charge in [-0.1, -0.05) is 0 Å². The molecule has 0 amide bonds. The van der Waals surface area contributed by atoms with E-state index in [2.05, 4.69) is 25.8 Å². The molecule has 0 unspecified atom stereocenters. The standard InChI is InChI=1S/C9H10BrFN2/c10-9-4-7(8(11)5-12-9)6-13-2-1-3-13/h4-5H,1-3,6H2. The van der Waals surface area contributed by atoms with Crippen LogP contribution in [-0.4, -0.2) is 23.0 Å². The molecule has 0 atom stereocenters. The van der Waals surface area contributed by atoms with Crippen molar-refractivity contribution in [3.05, 3.63) is 28.2 Å². The second-order valence-corrected chi connectivity index (χ2v) is 4.04. The summed E-state index contributed by atoms with van der Waals surface area (Å²) in [6.45, 7) is 2.87. The highest BCUT2D eigenvalue weighted by Crippen LogP contribution is 2.17. The summed E-state index contributed by atoms with van der Waals surface area (Å²) >= 11 is 3.23. The monoisotopic (exact) mass is 244 g/mol. The molecule has 1 aromatic heterocycles. The van der Waals surface area contributed by atoms with E-state index in [0.29, 0.717) is 11.1 Å². The van der Waals surface area contributed by atoms with E-state index in [4.69, 9.17) is 0 Å². The van der Waals surface area contributed by atoms with Crippen LogP contribution in [0.3, 0.4) is 0 Å². The minimum Gasteiger partial charge on any atom is -0.299 e.